The molecule has 1 aliphatic rings. The molecule has 5 heteroatoms. The van der Waals surface area contributed by atoms with Crippen molar-refractivity contribution in [3.05, 3.63) is 64.4 Å². The maximum absolute atomic E-state index is 11.1. The van der Waals surface area contributed by atoms with Gasteiger partial charge in [-0.25, -0.2) is 4.98 Å². The number of hydrogen-bond acceptors (Lipinski definition) is 3. The molecule has 3 rings (SSSR count). The Hall–Kier alpha value is -1.42. The molecule has 1 aliphatic carbocycles. The molecular weight excluding hydrogens is 319 g/mol. The fourth-order valence-electron chi connectivity index (χ4n) is 3.06. The minimum atomic E-state index is -0.439. The lowest BCUT2D eigenvalue weighted by Crippen LogP contribution is -2.24. The molecule has 22 heavy (non-hydrogen) atoms. The Morgan fingerprint density at radius 3 is 2.55 bits per heavy atom. The summed E-state index contributed by atoms with van der Waals surface area (Å²) in [4.78, 5) is 15.2. The van der Waals surface area contributed by atoms with Gasteiger partial charge in [0.1, 0.15) is 5.15 Å². The minimum absolute atomic E-state index is 0.292. The predicted molar refractivity (Wildman–Crippen MR) is 88.3 cm³/mol. The van der Waals surface area contributed by atoms with Crippen molar-refractivity contribution in [2.24, 2.45) is 11.7 Å². The molecule has 0 aliphatic heterocycles. The zero-order valence-corrected chi connectivity index (χ0v) is 13.6. The Morgan fingerprint density at radius 1 is 1.32 bits per heavy atom. The van der Waals surface area contributed by atoms with Crippen molar-refractivity contribution >= 4 is 28.4 Å². The molecule has 1 aromatic heterocycles. The summed E-state index contributed by atoms with van der Waals surface area (Å²) in [6.07, 6.45) is 2.66. The molecule has 3 unspecified atom stereocenters. The molecule has 0 spiro atoms. The first-order valence-electron chi connectivity index (χ1n) is 7.12. The first-order valence-corrected chi connectivity index (χ1v) is 7.88. The van der Waals surface area contributed by atoms with Crippen LogP contribution in [0, 0.1) is 5.92 Å². The summed E-state index contributed by atoms with van der Waals surface area (Å²) in [5, 5.41) is 0.0324. The summed E-state index contributed by atoms with van der Waals surface area (Å²) in [5.41, 5.74) is 8.85. The summed E-state index contributed by atoms with van der Waals surface area (Å²) in [7, 11) is 0. The van der Waals surface area contributed by atoms with Gasteiger partial charge in [-0.1, -0.05) is 36.7 Å². The van der Waals surface area contributed by atoms with E-state index in [9.17, 15) is 4.79 Å². The van der Waals surface area contributed by atoms with Gasteiger partial charge in [0.2, 0.25) is 0 Å². The fraction of sp³-hybridized carbons (Fsp3) is 0.294. The summed E-state index contributed by atoms with van der Waals surface area (Å²) >= 11 is 11.3. The van der Waals surface area contributed by atoms with Crippen LogP contribution >= 0.6 is 23.2 Å². The molecule has 1 aromatic carbocycles. The number of hydrogen-bond donors (Lipinski definition) is 1. The molecule has 1 saturated carbocycles. The van der Waals surface area contributed by atoms with Crippen LogP contribution in [0.15, 0.2) is 42.6 Å². The molecule has 1 fully saturated rings. The minimum Gasteiger partial charge on any atom is -0.321 e. The predicted octanol–water partition coefficient (Wildman–Crippen LogP) is 4.09. The maximum Gasteiger partial charge on any atom is 0.252 e. The van der Waals surface area contributed by atoms with Gasteiger partial charge in [-0.2, -0.15) is 0 Å². The highest BCUT2D eigenvalue weighted by Gasteiger charge is 2.54. The van der Waals surface area contributed by atoms with Crippen LogP contribution in [0.2, 0.25) is 5.15 Å². The van der Waals surface area contributed by atoms with E-state index in [1.165, 1.54) is 0 Å². The Labute approximate surface area is 139 Å². The summed E-state index contributed by atoms with van der Waals surface area (Å²) in [5.74, 6) is 0.633. The highest BCUT2D eigenvalue weighted by atomic mass is 35.5. The van der Waals surface area contributed by atoms with E-state index in [0.29, 0.717) is 22.6 Å². The van der Waals surface area contributed by atoms with Gasteiger partial charge in [-0.3, -0.25) is 4.79 Å². The van der Waals surface area contributed by atoms with Crippen molar-refractivity contribution in [2.75, 3.05) is 0 Å². The Kier molecular flexibility index (Phi) is 3.98. The van der Waals surface area contributed by atoms with Crippen molar-refractivity contribution in [1.29, 1.82) is 0 Å². The van der Waals surface area contributed by atoms with Crippen LogP contribution in [-0.2, 0) is 5.54 Å². The molecule has 0 saturated heterocycles. The second-order valence-electron chi connectivity index (χ2n) is 5.90. The summed E-state index contributed by atoms with van der Waals surface area (Å²) in [6, 6.07) is 11.1. The fourth-order valence-corrected chi connectivity index (χ4v) is 3.30. The van der Waals surface area contributed by atoms with Crippen molar-refractivity contribution in [3.8, 4) is 0 Å². The van der Waals surface area contributed by atoms with Crippen molar-refractivity contribution < 1.29 is 4.79 Å². The second kappa shape index (κ2) is 5.65. The number of rotatable bonds is 4. The first kappa shape index (κ1) is 15.5. The van der Waals surface area contributed by atoms with Gasteiger partial charge in [0.25, 0.3) is 5.24 Å². The average molecular weight is 335 g/mol. The van der Waals surface area contributed by atoms with E-state index in [-0.39, 0.29) is 5.54 Å². The summed E-state index contributed by atoms with van der Waals surface area (Å²) < 4.78 is 0. The third kappa shape index (κ3) is 2.76. The highest BCUT2D eigenvalue weighted by Crippen LogP contribution is 2.56. The molecule has 3 atom stereocenters. The zero-order valence-electron chi connectivity index (χ0n) is 12.1. The molecule has 0 bridgehead atoms. The van der Waals surface area contributed by atoms with E-state index in [1.54, 1.807) is 24.4 Å². The maximum atomic E-state index is 11.1. The van der Waals surface area contributed by atoms with Crippen molar-refractivity contribution in [1.82, 2.24) is 4.98 Å². The van der Waals surface area contributed by atoms with Gasteiger partial charge < -0.3 is 5.73 Å². The van der Waals surface area contributed by atoms with Crippen LogP contribution in [0.3, 0.4) is 0 Å². The number of benzene rings is 1. The average Bonchev–Trinajstić information content (AvgIpc) is 3.20. The van der Waals surface area contributed by atoms with Crippen LogP contribution in [0.5, 0.6) is 0 Å². The van der Waals surface area contributed by atoms with Crippen molar-refractivity contribution in [2.45, 2.75) is 24.8 Å². The molecule has 0 amide bonds. The summed E-state index contributed by atoms with van der Waals surface area (Å²) in [6.45, 7) is 2.15. The number of nitrogens with two attached hydrogens (primary N) is 1. The lowest BCUT2D eigenvalue weighted by atomic mass is 9.91. The van der Waals surface area contributed by atoms with Crippen LogP contribution < -0.4 is 5.73 Å². The van der Waals surface area contributed by atoms with Crippen LogP contribution in [0.1, 0.15) is 40.7 Å². The van der Waals surface area contributed by atoms with E-state index in [1.807, 2.05) is 18.2 Å². The second-order valence-corrected chi connectivity index (χ2v) is 6.64. The lowest BCUT2D eigenvalue weighted by molar-refractivity contribution is 0.108. The quantitative estimate of drug-likeness (QED) is 0.676. The molecule has 2 aromatic rings. The zero-order chi connectivity index (χ0) is 15.9. The first-order chi connectivity index (χ1) is 10.4. The smallest absolute Gasteiger partial charge is 0.252 e. The van der Waals surface area contributed by atoms with Crippen LogP contribution in [0.25, 0.3) is 0 Å². The number of aromatic nitrogens is 1. The molecule has 114 valence electrons. The van der Waals surface area contributed by atoms with E-state index in [4.69, 9.17) is 28.9 Å². The monoisotopic (exact) mass is 334 g/mol. The van der Waals surface area contributed by atoms with Crippen LogP contribution in [-0.4, -0.2) is 10.2 Å². The van der Waals surface area contributed by atoms with Gasteiger partial charge in [0.05, 0.1) is 0 Å². The third-order valence-electron chi connectivity index (χ3n) is 4.59. The van der Waals surface area contributed by atoms with Gasteiger partial charge in [0, 0.05) is 17.3 Å². The van der Waals surface area contributed by atoms with Crippen LogP contribution in [0.4, 0.5) is 0 Å². The standard InChI is InChI=1S/C17H16Cl2N2O/c1-10(11-2-4-12(5-3-11)16(19)22)14-8-17(14,20)13-6-7-15(18)21-9-13/h2-7,9-10,14H,8,20H2,1H3. The van der Waals surface area contributed by atoms with Crippen molar-refractivity contribution in [3.63, 3.8) is 0 Å². The molecule has 2 N–H and O–H groups in total. The Morgan fingerprint density at radius 2 is 2.00 bits per heavy atom. The van der Waals surface area contributed by atoms with Gasteiger partial charge in [0.15, 0.2) is 0 Å². The highest BCUT2D eigenvalue weighted by molar-refractivity contribution is 6.67. The Balaban J connectivity index is 1.78. The molecular formula is C17H16Cl2N2O. The normalized spacial score (nSPS) is 24.8. The van der Waals surface area contributed by atoms with E-state index in [0.717, 1.165) is 17.5 Å². The molecule has 1 heterocycles. The number of carbonyl (C=O) groups is 1. The van der Waals surface area contributed by atoms with Gasteiger partial charge in [-0.15, -0.1) is 0 Å². The SMILES string of the molecule is CC(c1ccc(C(=O)Cl)cc1)C1CC1(N)c1ccc(Cl)nc1. The topological polar surface area (TPSA) is 56.0 Å². The largest absolute Gasteiger partial charge is 0.321 e. The van der Waals surface area contributed by atoms with E-state index >= 15 is 0 Å². The Bertz CT molecular complexity index is 700. The molecule has 3 nitrogen and oxygen atoms in total. The number of halogens is 2. The third-order valence-corrected chi connectivity index (χ3v) is 5.03. The number of pyridine rings is 1. The number of carbonyl (C=O) groups excluding carboxylic acids is 1. The van der Waals surface area contributed by atoms with Gasteiger partial charge in [-0.05, 0) is 59.2 Å². The van der Waals surface area contributed by atoms with E-state index in [2.05, 4.69) is 11.9 Å². The molecule has 0 radical (unpaired) electrons. The van der Waals surface area contributed by atoms with E-state index < -0.39 is 5.24 Å². The van der Waals surface area contributed by atoms with Gasteiger partial charge >= 0.3 is 0 Å². The number of nitrogens with zero attached hydrogens (tertiary/aromatic N) is 1. The lowest BCUT2D eigenvalue weighted by Gasteiger charge is -2.17.